The maximum atomic E-state index is 12.2. The van der Waals surface area contributed by atoms with E-state index in [0.717, 1.165) is 41.9 Å². The molecule has 0 aliphatic heterocycles. The lowest BCUT2D eigenvalue weighted by Gasteiger charge is -2.09. The summed E-state index contributed by atoms with van der Waals surface area (Å²) in [6, 6.07) is 24.1. The standard InChI is InChI=1S/C26H22IN3O2/c1-17-14-20(27)10-11-24(17)29-25(31)12-13-26(32)30-28-16-23-21-8-4-2-6-18(21)15-19-7-3-5-9-22(19)23/h2-11,14-16H,12-13H2,1H3,(H,29,31)(H,30,32)/b28-16-. The summed E-state index contributed by atoms with van der Waals surface area (Å²) in [7, 11) is 0. The van der Waals surface area contributed by atoms with Crippen molar-refractivity contribution in [3.05, 3.63) is 87.5 Å². The van der Waals surface area contributed by atoms with Crippen LogP contribution in [0.2, 0.25) is 0 Å². The predicted molar refractivity (Wildman–Crippen MR) is 139 cm³/mol. The van der Waals surface area contributed by atoms with Gasteiger partial charge < -0.3 is 5.32 Å². The third-order valence-corrected chi connectivity index (χ3v) is 5.91. The molecule has 0 unspecified atom stereocenters. The second kappa shape index (κ2) is 9.91. The van der Waals surface area contributed by atoms with Crippen molar-refractivity contribution < 1.29 is 9.59 Å². The number of hydrogen-bond acceptors (Lipinski definition) is 3. The van der Waals surface area contributed by atoms with Crippen molar-refractivity contribution in [1.82, 2.24) is 5.43 Å². The number of carbonyl (C=O) groups excluding carboxylic acids is 2. The van der Waals surface area contributed by atoms with E-state index in [1.165, 1.54) is 0 Å². The zero-order valence-electron chi connectivity index (χ0n) is 17.6. The maximum Gasteiger partial charge on any atom is 0.240 e. The fraction of sp³-hybridized carbons (Fsp3) is 0.115. The van der Waals surface area contributed by atoms with Crippen molar-refractivity contribution in [1.29, 1.82) is 0 Å². The van der Waals surface area contributed by atoms with Crippen LogP contribution in [0.15, 0.2) is 77.9 Å². The quantitative estimate of drug-likeness (QED) is 0.142. The van der Waals surface area contributed by atoms with Gasteiger partial charge in [0, 0.05) is 27.7 Å². The Hall–Kier alpha value is -3.26. The van der Waals surface area contributed by atoms with Crippen molar-refractivity contribution in [2.75, 3.05) is 5.32 Å². The fourth-order valence-electron chi connectivity index (χ4n) is 3.62. The minimum Gasteiger partial charge on any atom is -0.326 e. The molecule has 0 aliphatic rings. The molecule has 0 aliphatic carbocycles. The van der Waals surface area contributed by atoms with Gasteiger partial charge in [-0.25, -0.2) is 5.43 Å². The molecule has 0 atom stereocenters. The smallest absolute Gasteiger partial charge is 0.240 e. The van der Waals surface area contributed by atoms with Crippen molar-refractivity contribution >= 4 is 67.9 Å². The van der Waals surface area contributed by atoms with E-state index in [2.05, 4.69) is 56.6 Å². The Morgan fingerprint density at radius 2 is 1.50 bits per heavy atom. The normalized spacial score (nSPS) is 11.2. The number of aryl methyl sites for hydroxylation is 1. The lowest BCUT2D eigenvalue weighted by atomic mass is 9.97. The third-order valence-electron chi connectivity index (χ3n) is 5.24. The maximum absolute atomic E-state index is 12.2. The van der Waals surface area contributed by atoms with Gasteiger partial charge in [0.25, 0.3) is 0 Å². The van der Waals surface area contributed by atoms with Crippen molar-refractivity contribution in [3.63, 3.8) is 0 Å². The average molecular weight is 535 g/mol. The van der Waals surface area contributed by atoms with Crippen molar-refractivity contribution in [2.24, 2.45) is 5.10 Å². The van der Waals surface area contributed by atoms with Crippen LogP contribution in [-0.2, 0) is 9.59 Å². The first-order valence-electron chi connectivity index (χ1n) is 10.3. The van der Waals surface area contributed by atoms with Gasteiger partial charge in [0.15, 0.2) is 0 Å². The highest BCUT2D eigenvalue weighted by molar-refractivity contribution is 14.1. The second-order valence-electron chi connectivity index (χ2n) is 7.53. The number of halogens is 1. The topological polar surface area (TPSA) is 70.6 Å². The van der Waals surface area contributed by atoms with E-state index >= 15 is 0 Å². The lowest BCUT2D eigenvalue weighted by Crippen LogP contribution is -2.21. The summed E-state index contributed by atoms with van der Waals surface area (Å²) < 4.78 is 1.11. The molecule has 0 radical (unpaired) electrons. The zero-order valence-corrected chi connectivity index (χ0v) is 19.7. The Morgan fingerprint density at radius 1 is 0.875 bits per heavy atom. The summed E-state index contributed by atoms with van der Waals surface area (Å²) in [4.78, 5) is 24.4. The van der Waals surface area contributed by atoms with Gasteiger partial charge in [0.1, 0.15) is 0 Å². The molecular weight excluding hydrogens is 513 g/mol. The molecule has 6 heteroatoms. The number of anilines is 1. The number of nitrogens with one attached hydrogen (secondary N) is 2. The molecule has 4 aromatic rings. The molecule has 0 saturated heterocycles. The monoisotopic (exact) mass is 535 g/mol. The van der Waals surface area contributed by atoms with E-state index < -0.39 is 0 Å². The van der Waals surface area contributed by atoms with Gasteiger partial charge in [-0.05, 0) is 80.9 Å². The minimum absolute atomic E-state index is 0.0584. The number of carbonyl (C=O) groups is 2. The van der Waals surface area contributed by atoms with E-state index in [9.17, 15) is 9.59 Å². The number of nitrogens with zero attached hydrogens (tertiary/aromatic N) is 1. The van der Waals surface area contributed by atoms with E-state index in [0.29, 0.717) is 0 Å². The number of fused-ring (bicyclic) bond motifs is 2. The molecule has 32 heavy (non-hydrogen) atoms. The van der Waals surface area contributed by atoms with Gasteiger partial charge >= 0.3 is 0 Å². The van der Waals surface area contributed by atoms with Crippen LogP contribution in [0.5, 0.6) is 0 Å². The van der Waals surface area contributed by atoms with Gasteiger partial charge in [-0.1, -0.05) is 48.5 Å². The number of hydrazone groups is 1. The summed E-state index contributed by atoms with van der Waals surface area (Å²) in [6.45, 7) is 1.94. The van der Waals surface area contributed by atoms with Crippen LogP contribution in [0.1, 0.15) is 24.0 Å². The first-order valence-corrected chi connectivity index (χ1v) is 11.4. The molecule has 0 heterocycles. The number of benzene rings is 4. The highest BCUT2D eigenvalue weighted by atomic mass is 127. The lowest BCUT2D eigenvalue weighted by molar-refractivity contribution is -0.124. The molecule has 0 fully saturated rings. The molecule has 2 N–H and O–H groups in total. The molecule has 5 nitrogen and oxygen atoms in total. The Labute approximate surface area is 200 Å². The summed E-state index contributed by atoms with van der Waals surface area (Å²) in [5, 5.41) is 11.4. The fourth-order valence-corrected chi connectivity index (χ4v) is 4.27. The van der Waals surface area contributed by atoms with Gasteiger partial charge in [0.2, 0.25) is 11.8 Å². The third kappa shape index (κ3) is 5.13. The van der Waals surface area contributed by atoms with Crippen LogP contribution in [0.4, 0.5) is 5.69 Å². The molecule has 4 aromatic carbocycles. The molecule has 0 aromatic heterocycles. The van der Waals surface area contributed by atoms with Crippen molar-refractivity contribution in [2.45, 2.75) is 19.8 Å². The number of hydrogen-bond donors (Lipinski definition) is 2. The zero-order chi connectivity index (χ0) is 22.5. The highest BCUT2D eigenvalue weighted by Crippen LogP contribution is 2.27. The van der Waals surface area contributed by atoms with Crippen LogP contribution in [-0.4, -0.2) is 18.0 Å². The van der Waals surface area contributed by atoms with Crippen LogP contribution < -0.4 is 10.7 Å². The van der Waals surface area contributed by atoms with E-state index in [1.807, 2.05) is 61.5 Å². The van der Waals surface area contributed by atoms with Gasteiger partial charge in [0.05, 0.1) is 6.21 Å². The molecule has 0 saturated carbocycles. The Kier molecular flexibility index (Phi) is 6.80. The number of rotatable bonds is 6. The molecule has 4 rings (SSSR count). The molecule has 160 valence electrons. The van der Waals surface area contributed by atoms with Crippen LogP contribution >= 0.6 is 22.6 Å². The van der Waals surface area contributed by atoms with E-state index in [1.54, 1.807) is 6.21 Å². The van der Waals surface area contributed by atoms with Gasteiger partial charge in [-0.2, -0.15) is 5.10 Å². The van der Waals surface area contributed by atoms with E-state index in [4.69, 9.17) is 0 Å². The average Bonchev–Trinajstić information content (AvgIpc) is 2.79. The Morgan fingerprint density at radius 3 is 2.16 bits per heavy atom. The number of amides is 2. The summed E-state index contributed by atoms with van der Waals surface area (Å²) >= 11 is 2.23. The SMILES string of the molecule is Cc1cc(I)ccc1NC(=O)CCC(=O)N/N=C\c1c2ccccc2cc2ccccc12. The second-order valence-corrected chi connectivity index (χ2v) is 8.78. The van der Waals surface area contributed by atoms with Gasteiger partial charge in [-0.3, -0.25) is 9.59 Å². The summed E-state index contributed by atoms with van der Waals surface area (Å²) in [6.07, 6.45) is 1.82. The largest absolute Gasteiger partial charge is 0.326 e. The van der Waals surface area contributed by atoms with Crippen molar-refractivity contribution in [3.8, 4) is 0 Å². The summed E-state index contributed by atoms with van der Waals surface area (Å²) in [5.74, 6) is -0.506. The predicted octanol–water partition coefficient (Wildman–Crippen LogP) is 5.78. The van der Waals surface area contributed by atoms with Crippen LogP contribution in [0, 0.1) is 10.5 Å². The van der Waals surface area contributed by atoms with Gasteiger partial charge in [-0.15, -0.1) is 0 Å². The Balaban J connectivity index is 1.40. The molecule has 2 amide bonds. The first kappa shape index (κ1) is 22.0. The minimum atomic E-state index is -0.305. The first-order chi connectivity index (χ1) is 15.5. The summed E-state index contributed by atoms with van der Waals surface area (Å²) in [5.41, 5.74) is 5.25. The molecule has 0 bridgehead atoms. The van der Waals surface area contributed by atoms with Crippen LogP contribution in [0.3, 0.4) is 0 Å². The highest BCUT2D eigenvalue weighted by Gasteiger charge is 2.09. The van der Waals surface area contributed by atoms with Crippen LogP contribution in [0.25, 0.3) is 21.5 Å². The Bertz CT molecular complexity index is 1290. The molecular formula is C26H22IN3O2. The van der Waals surface area contributed by atoms with E-state index in [-0.39, 0.29) is 24.7 Å². The molecule has 0 spiro atoms.